The Morgan fingerprint density at radius 2 is 2.23 bits per heavy atom. The van der Waals surface area contributed by atoms with E-state index in [1.807, 2.05) is 19.6 Å². The second-order valence-electron chi connectivity index (χ2n) is 6.76. The minimum absolute atomic E-state index is 0. The maximum absolute atomic E-state index is 4.51. The van der Waals surface area contributed by atoms with Gasteiger partial charge in [0, 0.05) is 43.5 Å². The lowest BCUT2D eigenvalue weighted by Gasteiger charge is -2.39. The van der Waals surface area contributed by atoms with Gasteiger partial charge in [0.1, 0.15) is 0 Å². The van der Waals surface area contributed by atoms with Crippen LogP contribution in [0.2, 0.25) is 0 Å². The fourth-order valence-electron chi connectivity index (χ4n) is 3.46. The standard InChI is InChI=1S/C19H26BrN5.HI/c1-14-6-8-24(12-18(14)25-9-7-22-13-25)19(21-3)23-11-16-4-5-17(20)10-15(16)2;/h4-5,7,9-10,13-14,18H,6,8,11-12H2,1-3H3,(H,21,23);1H. The molecule has 0 amide bonds. The van der Waals surface area contributed by atoms with Crippen LogP contribution in [0, 0.1) is 12.8 Å². The van der Waals surface area contributed by atoms with Crippen LogP contribution in [0.25, 0.3) is 0 Å². The summed E-state index contributed by atoms with van der Waals surface area (Å²) in [6.07, 6.45) is 6.99. The Labute approximate surface area is 181 Å². The Morgan fingerprint density at radius 1 is 1.42 bits per heavy atom. The number of likely N-dealkylation sites (tertiary alicyclic amines) is 1. The Balaban J connectivity index is 0.00000243. The normalized spacial score (nSPS) is 20.6. The molecular formula is C19H27BrIN5. The summed E-state index contributed by atoms with van der Waals surface area (Å²) in [4.78, 5) is 11.1. The van der Waals surface area contributed by atoms with Crippen molar-refractivity contribution in [3.8, 4) is 0 Å². The molecule has 1 N–H and O–H groups in total. The maximum Gasteiger partial charge on any atom is 0.193 e. The third kappa shape index (κ3) is 5.00. The number of hydrogen-bond donors (Lipinski definition) is 1. The lowest BCUT2D eigenvalue weighted by Crippen LogP contribution is -2.48. The average Bonchev–Trinajstić information content (AvgIpc) is 3.12. The molecule has 0 radical (unpaired) electrons. The molecule has 26 heavy (non-hydrogen) atoms. The highest BCUT2D eigenvalue weighted by molar-refractivity contribution is 14.0. The number of aryl methyl sites for hydroxylation is 1. The van der Waals surface area contributed by atoms with Gasteiger partial charge < -0.3 is 14.8 Å². The Bertz CT molecular complexity index is 732. The molecule has 1 aliphatic heterocycles. The molecule has 1 aromatic carbocycles. The first-order chi connectivity index (χ1) is 12.1. The van der Waals surface area contributed by atoms with E-state index in [2.05, 4.69) is 78.9 Å². The third-order valence-corrected chi connectivity index (χ3v) is 5.57. The van der Waals surface area contributed by atoms with Crippen LogP contribution in [0.4, 0.5) is 0 Å². The highest BCUT2D eigenvalue weighted by atomic mass is 127. The van der Waals surface area contributed by atoms with Crippen LogP contribution in [0.1, 0.15) is 30.5 Å². The van der Waals surface area contributed by atoms with Crippen LogP contribution in [0.5, 0.6) is 0 Å². The Kier molecular flexibility index (Phi) is 7.94. The van der Waals surface area contributed by atoms with Crippen molar-refractivity contribution in [1.29, 1.82) is 0 Å². The summed E-state index contributed by atoms with van der Waals surface area (Å²) in [7, 11) is 1.86. The predicted molar refractivity (Wildman–Crippen MR) is 121 cm³/mol. The summed E-state index contributed by atoms with van der Waals surface area (Å²) >= 11 is 3.52. The molecule has 0 spiro atoms. The smallest absolute Gasteiger partial charge is 0.193 e. The molecule has 1 aliphatic rings. The topological polar surface area (TPSA) is 45.5 Å². The molecule has 2 atom stereocenters. The first kappa shape index (κ1) is 21.2. The molecular weight excluding hydrogens is 505 g/mol. The van der Waals surface area contributed by atoms with Crippen molar-refractivity contribution in [2.75, 3.05) is 20.1 Å². The van der Waals surface area contributed by atoms with Crippen LogP contribution < -0.4 is 5.32 Å². The number of nitrogens with one attached hydrogen (secondary N) is 1. The molecule has 7 heteroatoms. The van der Waals surface area contributed by atoms with Crippen molar-refractivity contribution in [3.05, 3.63) is 52.5 Å². The molecule has 2 unspecified atom stereocenters. The molecule has 1 aromatic heterocycles. The van der Waals surface area contributed by atoms with Crippen LogP contribution in [-0.4, -0.2) is 40.5 Å². The van der Waals surface area contributed by atoms with E-state index in [0.29, 0.717) is 12.0 Å². The van der Waals surface area contributed by atoms with Gasteiger partial charge in [0.25, 0.3) is 0 Å². The molecule has 0 saturated carbocycles. The van der Waals surface area contributed by atoms with E-state index in [1.54, 1.807) is 0 Å². The molecule has 2 aromatic rings. The number of benzene rings is 1. The van der Waals surface area contributed by atoms with Crippen molar-refractivity contribution in [2.24, 2.45) is 10.9 Å². The van der Waals surface area contributed by atoms with Gasteiger partial charge in [-0.2, -0.15) is 0 Å². The summed E-state index contributed by atoms with van der Waals surface area (Å²) in [6, 6.07) is 6.83. The second-order valence-corrected chi connectivity index (χ2v) is 7.68. The summed E-state index contributed by atoms with van der Waals surface area (Å²) < 4.78 is 3.34. The molecule has 1 saturated heterocycles. The lowest BCUT2D eigenvalue weighted by atomic mass is 9.93. The first-order valence-corrected chi connectivity index (χ1v) is 9.56. The van der Waals surface area contributed by atoms with Gasteiger partial charge in [-0.3, -0.25) is 4.99 Å². The average molecular weight is 532 g/mol. The minimum Gasteiger partial charge on any atom is -0.352 e. The van der Waals surface area contributed by atoms with Crippen molar-refractivity contribution >= 4 is 45.9 Å². The van der Waals surface area contributed by atoms with E-state index in [9.17, 15) is 0 Å². The number of imidazole rings is 1. The van der Waals surface area contributed by atoms with Crippen LogP contribution in [0.3, 0.4) is 0 Å². The summed E-state index contributed by atoms with van der Waals surface area (Å²) in [5.74, 6) is 1.61. The van der Waals surface area contributed by atoms with Gasteiger partial charge in [-0.05, 0) is 42.5 Å². The monoisotopic (exact) mass is 531 g/mol. The quantitative estimate of drug-likeness (QED) is 0.366. The third-order valence-electron chi connectivity index (χ3n) is 5.08. The van der Waals surface area contributed by atoms with Crippen LogP contribution >= 0.6 is 39.9 Å². The van der Waals surface area contributed by atoms with E-state index in [1.165, 1.54) is 11.1 Å². The molecule has 1 fully saturated rings. The van der Waals surface area contributed by atoms with Crippen molar-refractivity contribution in [3.63, 3.8) is 0 Å². The molecule has 2 heterocycles. The second kappa shape index (κ2) is 9.73. The van der Waals surface area contributed by atoms with Crippen molar-refractivity contribution in [1.82, 2.24) is 19.8 Å². The van der Waals surface area contributed by atoms with Crippen LogP contribution in [-0.2, 0) is 6.54 Å². The molecule has 5 nitrogen and oxygen atoms in total. The number of guanidine groups is 1. The largest absolute Gasteiger partial charge is 0.352 e. The van der Waals surface area contributed by atoms with E-state index in [0.717, 1.165) is 36.5 Å². The van der Waals surface area contributed by atoms with Crippen molar-refractivity contribution < 1.29 is 0 Å². The van der Waals surface area contributed by atoms with Crippen molar-refractivity contribution in [2.45, 2.75) is 32.9 Å². The number of rotatable bonds is 3. The van der Waals surface area contributed by atoms with Gasteiger partial charge in [-0.15, -0.1) is 24.0 Å². The fraction of sp³-hybridized carbons (Fsp3) is 0.474. The lowest BCUT2D eigenvalue weighted by molar-refractivity contribution is 0.189. The van der Waals surface area contributed by atoms with E-state index in [-0.39, 0.29) is 24.0 Å². The maximum atomic E-state index is 4.51. The van der Waals surface area contributed by atoms with E-state index in [4.69, 9.17) is 0 Å². The Morgan fingerprint density at radius 3 is 2.88 bits per heavy atom. The summed E-state index contributed by atoms with van der Waals surface area (Å²) in [6.45, 7) is 7.24. The predicted octanol–water partition coefficient (Wildman–Crippen LogP) is 4.23. The van der Waals surface area contributed by atoms with Gasteiger partial charge in [0.05, 0.1) is 12.4 Å². The highest BCUT2D eigenvalue weighted by Crippen LogP contribution is 2.27. The fourth-order valence-corrected chi connectivity index (χ4v) is 3.93. The number of aliphatic imine (C=N–C) groups is 1. The SMILES string of the molecule is CN=C(NCc1ccc(Br)cc1C)N1CCC(C)C(n2ccnc2)C1.I. The number of piperidine rings is 1. The van der Waals surface area contributed by atoms with Gasteiger partial charge in [0.15, 0.2) is 5.96 Å². The van der Waals surface area contributed by atoms with Gasteiger partial charge in [-0.25, -0.2) is 4.98 Å². The molecule has 0 bridgehead atoms. The number of aromatic nitrogens is 2. The van der Waals surface area contributed by atoms with Crippen LogP contribution in [0.15, 0.2) is 46.4 Å². The van der Waals surface area contributed by atoms with E-state index < -0.39 is 0 Å². The highest BCUT2D eigenvalue weighted by Gasteiger charge is 2.28. The minimum atomic E-state index is 0. The van der Waals surface area contributed by atoms with E-state index >= 15 is 0 Å². The summed E-state index contributed by atoms with van der Waals surface area (Å²) in [5.41, 5.74) is 2.57. The zero-order valence-electron chi connectivity index (χ0n) is 15.5. The number of hydrogen-bond acceptors (Lipinski definition) is 2. The first-order valence-electron chi connectivity index (χ1n) is 8.76. The number of halogens is 2. The molecule has 0 aliphatic carbocycles. The zero-order chi connectivity index (χ0) is 17.8. The van der Waals surface area contributed by atoms with Gasteiger partial charge in [0.2, 0.25) is 0 Å². The summed E-state index contributed by atoms with van der Waals surface area (Å²) in [5, 5.41) is 3.53. The molecule has 142 valence electrons. The zero-order valence-corrected chi connectivity index (χ0v) is 19.4. The van der Waals surface area contributed by atoms with Gasteiger partial charge in [-0.1, -0.05) is 28.9 Å². The Hall–Kier alpha value is -1.09. The van der Waals surface area contributed by atoms with Gasteiger partial charge >= 0.3 is 0 Å². The number of nitrogens with zero attached hydrogens (tertiary/aromatic N) is 4. The molecule has 3 rings (SSSR count).